The fraction of sp³-hybridized carbons (Fsp3) is 0.357. The Kier molecular flexibility index (Phi) is 5.70. The molecule has 1 aromatic heterocycles. The molecule has 102 valence electrons. The molecule has 0 aliphatic carbocycles. The first-order valence-electron chi connectivity index (χ1n) is 6.28. The van der Waals surface area contributed by atoms with Crippen LogP contribution in [0.15, 0.2) is 32.8 Å². The van der Waals surface area contributed by atoms with Crippen LogP contribution in [0.1, 0.15) is 24.6 Å². The molecular weight excluding hydrogens is 296 g/mol. The Bertz CT molecular complexity index is 540. The minimum Gasteiger partial charge on any atom is -0.313 e. The zero-order valence-corrected chi connectivity index (χ0v) is 13.5. The first-order chi connectivity index (χ1) is 9.19. The van der Waals surface area contributed by atoms with Gasteiger partial charge < -0.3 is 5.32 Å². The lowest BCUT2D eigenvalue weighted by molar-refractivity contribution is 0.675. The number of benzene rings is 1. The first-order valence-corrected chi connectivity index (χ1v) is 8.35. The van der Waals surface area contributed by atoms with E-state index in [1.165, 1.54) is 0 Å². The molecule has 5 heteroatoms. The van der Waals surface area contributed by atoms with Crippen LogP contribution in [0.5, 0.6) is 0 Å². The Morgan fingerprint density at radius 3 is 2.89 bits per heavy atom. The van der Waals surface area contributed by atoms with E-state index >= 15 is 0 Å². The first kappa shape index (κ1) is 14.9. The van der Waals surface area contributed by atoms with Crippen molar-refractivity contribution in [1.29, 1.82) is 0 Å². The molecule has 0 saturated heterocycles. The number of thiazole rings is 1. The van der Waals surface area contributed by atoms with E-state index in [1.807, 2.05) is 13.0 Å². The lowest BCUT2D eigenvalue weighted by Gasteiger charge is -2.07. The highest BCUT2D eigenvalue weighted by Gasteiger charge is 2.05. The van der Waals surface area contributed by atoms with E-state index in [4.69, 9.17) is 11.6 Å². The average Bonchev–Trinajstić information content (AvgIpc) is 2.78. The maximum absolute atomic E-state index is 6.31. The van der Waals surface area contributed by atoms with E-state index < -0.39 is 0 Å². The van der Waals surface area contributed by atoms with Crippen LogP contribution in [-0.4, -0.2) is 11.5 Å². The number of aromatic nitrogens is 1. The molecule has 0 fully saturated rings. The number of aryl methyl sites for hydroxylation is 1. The largest absolute Gasteiger partial charge is 0.313 e. The van der Waals surface area contributed by atoms with Gasteiger partial charge in [0.2, 0.25) is 0 Å². The van der Waals surface area contributed by atoms with Crippen LogP contribution in [0.2, 0.25) is 5.02 Å². The zero-order valence-electron chi connectivity index (χ0n) is 11.1. The molecule has 2 rings (SSSR count). The molecule has 0 radical (unpaired) electrons. The van der Waals surface area contributed by atoms with Gasteiger partial charge in [-0.2, -0.15) is 0 Å². The van der Waals surface area contributed by atoms with Gasteiger partial charge >= 0.3 is 0 Å². The molecule has 1 heterocycles. The Morgan fingerprint density at radius 2 is 2.26 bits per heavy atom. The van der Waals surface area contributed by atoms with Crippen molar-refractivity contribution in [1.82, 2.24) is 10.3 Å². The normalized spacial score (nSPS) is 10.9. The van der Waals surface area contributed by atoms with Crippen LogP contribution < -0.4 is 5.32 Å². The lowest BCUT2D eigenvalue weighted by Crippen LogP contribution is -2.13. The molecule has 0 amide bonds. The SMILES string of the molecule is CCCNCc1ccc(Sc2nc(C)cs2)cc1Cl. The zero-order chi connectivity index (χ0) is 13.7. The van der Waals surface area contributed by atoms with E-state index in [-0.39, 0.29) is 0 Å². The number of rotatable bonds is 6. The lowest BCUT2D eigenvalue weighted by atomic mass is 10.2. The molecule has 2 nitrogen and oxygen atoms in total. The Morgan fingerprint density at radius 1 is 1.42 bits per heavy atom. The minimum atomic E-state index is 0.821. The van der Waals surface area contributed by atoms with Crippen molar-refractivity contribution in [2.24, 2.45) is 0 Å². The number of nitrogens with one attached hydrogen (secondary N) is 1. The molecule has 1 N–H and O–H groups in total. The van der Waals surface area contributed by atoms with E-state index in [0.717, 1.165) is 45.0 Å². The summed E-state index contributed by atoms with van der Waals surface area (Å²) in [5.74, 6) is 0. The van der Waals surface area contributed by atoms with Gasteiger partial charge in [-0.05, 0) is 37.6 Å². The van der Waals surface area contributed by atoms with Gasteiger partial charge in [0.1, 0.15) is 0 Å². The third-order valence-electron chi connectivity index (χ3n) is 2.57. The quantitative estimate of drug-likeness (QED) is 0.779. The molecule has 0 spiro atoms. The maximum atomic E-state index is 6.31. The molecule has 0 atom stereocenters. The minimum absolute atomic E-state index is 0.821. The summed E-state index contributed by atoms with van der Waals surface area (Å²) in [6, 6.07) is 6.22. The molecule has 0 saturated carbocycles. The number of hydrogen-bond acceptors (Lipinski definition) is 4. The highest BCUT2D eigenvalue weighted by molar-refractivity contribution is 8.01. The smallest absolute Gasteiger partial charge is 0.154 e. The van der Waals surface area contributed by atoms with E-state index in [9.17, 15) is 0 Å². The van der Waals surface area contributed by atoms with Gasteiger partial charge in [-0.3, -0.25) is 0 Å². The van der Waals surface area contributed by atoms with Gasteiger partial charge in [-0.25, -0.2) is 4.98 Å². The molecule has 2 aromatic rings. The second kappa shape index (κ2) is 7.29. The van der Waals surface area contributed by atoms with Gasteiger partial charge in [0, 0.05) is 27.5 Å². The van der Waals surface area contributed by atoms with Crippen molar-refractivity contribution in [2.75, 3.05) is 6.54 Å². The molecule has 1 aromatic carbocycles. The standard InChI is InChI=1S/C14H17ClN2S2/c1-3-6-16-8-11-4-5-12(7-13(11)15)19-14-17-10(2)9-18-14/h4-5,7,9,16H,3,6,8H2,1-2H3. The summed E-state index contributed by atoms with van der Waals surface area (Å²) in [5.41, 5.74) is 2.22. The number of halogens is 1. The fourth-order valence-corrected chi connectivity index (χ4v) is 3.78. The van der Waals surface area contributed by atoms with E-state index in [1.54, 1.807) is 23.1 Å². The fourth-order valence-electron chi connectivity index (χ4n) is 1.61. The van der Waals surface area contributed by atoms with Gasteiger partial charge in [0.25, 0.3) is 0 Å². The van der Waals surface area contributed by atoms with Crippen molar-refractivity contribution in [3.8, 4) is 0 Å². The number of nitrogens with zero attached hydrogens (tertiary/aromatic N) is 1. The second-order valence-corrected chi connectivity index (χ2v) is 6.87. The van der Waals surface area contributed by atoms with Gasteiger partial charge in [0.15, 0.2) is 4.34 Å². The highest BCUT2D eigenvalue weighted by Crippen LogP contribution is 2.32. The van der Waals surface area contributed by atoms with Crippen LogP contribution in [-0.2, 0) is 6.54 Å². The Balaban J connectivity index is 2.01. The summed E-state index contributed by atoms with van der Waals surface area (Å²) in [7, 11) is 0. The second-order valence-electron chi connectivity index (χ2n) is 4.29. The predicted molar refractivity (Wildman–Crippen MR) is 84.4 cm³/mol. The van der Waals surface area contributed by atoms with E-state index in [2.05, 4.69) is 34.7 Å². The summed E-state index contributed by atoms with van der Waals surface area (Å²) in [5, 5.41) is 6.25. The maximum Gasteiger partial charge on any atom is 0.154 e. The van der Waals surface area contributed by atoms with Gasteiger partial charge in [-0.15, -0.1) is 11.3 Å². The summed E-state index contributed by atoms with van der Waals surface area (Å²) in [4.78, 5) is 5.58. The predicted octanol–water partition coefficient (Wildman–Crippen LogP) is 4.76. The summed E-state index contributed by atoms with van der Waals surface area (Å²) in [6.07, 6.45) is 1.13. The van der Waals surface area contributed by atoms with Gasteiger partial charge in [0.05, 0.1) is 0 Å². The summed E-state index contributed by atoms with van der Waals surface area (Å²) in [6.45, 7) is 6.01. The third kappa shape index (κ3) is 4.49. The molecule has 0 bridgehead atoms. The van der Waals surface area contributed by atoms with Crippen molar-refractivity contribution < 1.29 is 0 Å². The van der Waals surface area contributed by atoms with Crippen molar-refractivity contribution >= 4 is 34.7 Å². The monoisotopic (exact) mass is 312 g/mol. The van der Waals surface area contributed by atoms with E-state index in [0.29, 0.717) is 0 Å². The topological polar surface area (TPSA) is 24.9 Å². The average molecular weight is 313 g/mol. The molecule has 19 heavy (non-hydrogen) atoms. The van der Waals surface area contributed by atoms with Crippen LogP contribution in [0.25, 0.3) is 0 Å². The summed E-state index contributed by atoms with van der Waals surface area (Å²) < 4.78 is 1.06. The molecule has 0 unspecified atom stereocenters. The Labute approximate surface area is 127 Å². The molecular formula is C14H17ClN2S2. The van der Waals surface area contributed by atoms with Crippen LogP contribution in [0.4, 0.5) is 0 Å². The number of hydrogen-bond donors (Lipinski definition) is 1. The Hall–Kier alpha value is -0.550. The van der Waals surface area contributed by atoms with Crippen molar-refractivity contribution in [2.45, 2.75) is 36.0 Å². The van der Waals surface area contributed by atoms with Crippen molar-refractivity contribution in [3.05, 3.63) is 39.9 Å². The molecule has 0 aliphatic rings. The van der Waals surface area contributed by atoms with Gasteiger partial charge in [-0.1, -0.05) is 36.4 Å². The van der Waals surface area contributed by atoms with Crippen LogP contribution in [0.3, 0.4) is 0 Å². The van der Waals surface area contributed by atoms with Crippen LogP contribution in [0, 0.1) is 6.92 Å². The van der Waals surface area contributed by atoms with Crippen molar-refractivity contribution in [3.63, 3.8) is 0 Å². The summed E-state index contributed by atoms with van der Waals surface area (Å²) >= 11 is 9.64. The molecule has 0 aliphatic heterocycles. The highest BCUT2D eigenvalue weighted by atomic mass is 35.5. The third-order valence-corrected chi connectivity index (χ3v) is 4.97. The van der Waals surface area contributed by atoms with Crippen LogP contribution >= 0.6 is 34.7 Å².